The van der Waals surface area contributed by atoms with Gasteiger partial charge < -0.3 is 0 Å². The van der Waals surface area contributed by atoms with Crippen molar-refractivity contribution in [3.8, 4) is 51.8 Å². The van der Waals surface area contributed by atoms with Crippen molar-refractivity contribution in [3.63, 3.8) is 0 Å². The lowest BCUT2D eigenvalue weighted by molar-refractivity contribution is 0.627. The smallest absolute Gasteiger partial charge is 0.0892 e. The lowest BCUT2D eigenvalue weighted by Gasteiger charge is -2.05. The summed E-state index contributed by atoms with van der Waals surface area (Å²) in [5, 5.41) is 0. The molecule has 0 aliphatic rings. The molecule has 0 unspecified atom stereocenters. The van der Waals surface area contributed by atoms with E-state index in [4.69, 9.17) is 9.97 Å². The summed E-state index contributed by atoms with van der Waals surface area (Å²) in [5.74, 6) is 2.44. The molecule has 0 atom stereocenters. The van der Waals surface area contributed by atoms with Crippen molar-refractivity contribution in [1.82, 2.24) is 9.97 Å². The fourth-order valence-electron chi connectivity index (χ4n) is 5.87. The second-order valence-electron chi connectivity index (χ2n) is 12.7. The molecule has 0 aromatic carbocycles. The first-order chi connectivity index (χ1) is 24.7. The monoisotopic (exact) mass is 772 g/mol. The molecule has 6 aromatic rings. The van der Waals surface area contributed by atoms with E-state index in [1.165, 1.54) is 137 Å². The number of nitrogens with zero attached hydrogens (tertiary/aromatic N) is 2. The van der Waals surface area contributed by atoms with E-state index in [0.29, 0.717) is 0 Å². The van der Waals surface area contributed by atoms with E-state index in [1.807, 2.05) is 81.3 Å². The SMILES string of the molecule is CCCCCCCCSc1ccc(-c2ccc(-c3ccnc(-c4cc(-c5ccc(-c6ccc(SCCCCCCCC)s6)s5)ccn4)c3)s2)s1. The number of hydrogen-bond donors (Lipinski definition) is 0. The van der Waals surface area contributed by atoms with E-state index < -0.39 is 0 Å². The summed E-state index contributed by atoms with van der Waals surface area (Å²) in [4.78, 5) is 17.4. The molecule has 0 spiro atoms. The minimum atomic E-state index is 0.908. The highest BCUT2D eigenvalue weighted by atomic mass is 32.2. The van der Waals surface area contributed by atoms with Crippen LogP contribution >= 0.6 is 68.9 Å². The molecule has 0 saturated heterocycles. The molecule has 0 aliphatic carbocycles. The molecule has 8 heteroatoms. The number of thioether (sulfide) groups is 2. The Morgan fingerprint density at radius 2 is 0.800 bits per heavy atom. The van der Waals surface area contributed by atoms with Crippen molar-refractivity contribution in [2.75, 3.05) is 11.5 Å². The molecule has 0 radical (unpaired) electrons. The second kappa shape index (κ2) is 20.1. The van der Waals surface area contributed by atoms with Gasteiger partial charge in [-0.3, -0.25) is 9.97 Å². The number of pyridine rings is 2. The molecule has 0 amide bonds. The Morgan fingerprint density at radius 1 is 0.420 bits per heavy atom. The van der Waals surface area contributed by atoms with E-state index in [2.05, 4.69) is 86.6 Å². The molecule has 0 saturated carbocycles. The third-order valence-electron chi connectivity index (χ3n) is 8.70. The number of aromatic nitrogens is 2. The van der Waals surface area contributed by atoms with Crippen LogP contribution in [0.1, 0.15) is 90.9 Å². The lowest BCUT2D eigenvalue weighted by atomic mass is 10.1. The summed E-state index contributed by atoms with van der Waals surface area (Å²) in [6, 6.07) is 26.8. The maximum atomic E-state index is 4.74. The quantitative estimate of drug-likeness (QED) is 0.0537. The van der Waals surface area contributed by atoms with Crippen LogP contribution in [-0.2, 0) is 0 Å². The van der Waals surface area contributed by atoms with Crippen LogP contribution in [0, 0.1) is 0 Å². The highest BCUT2D eigenvalue weighted by Crippen LogP contribution is 2.42. The van der Waals surface area contributed by atoms with Crippen LogP contribution in [-0.4, -0.2) is 21.5 Å². The summed E-state index contributed by atoms with van der Waals surface area (Å²) >= 11 is 11.6. The van der Waals surface area contributed by atoms with Crippen LogP contribution in [0.3, 0.4) is 0 Å². The Balaban J connectivity index is 1.05. The third-order valence-corrected chi connectivity index (χ3v) is 16.2. The molecule has 6 aromatic heterocycles. The van der Waals surface area contributed by atoms with Gasteiger partial charge in [0.2, 0.25) is 0 Å². The van der Waals surface area contributed by atoms with Crippen LogP contribution < -0.4 is 0 Å². The number of rotatable bonds is 21. The Hall–Kier alpha value is -2.20. The van der Waals surface area contributed by atoms with Gasteiger partial charge in [-0.1, -0.05) is 78.1 Å². The summed E-state index contributed by atoms with van der Waals surface area (Å²) in [6.07, 6.45) is 20.1. The largest absolute Gasteiger partial charge is 0.255 e. The Kier molecular flexibility index (Phi) is 15.1. The molecule has 0 N–H and O–H groups in total. The Morgan fingerprint density at radius 3 is 1.26 bits per heavy atom. The van der Waals surface area contributed by atoms with Gasteiger partial charge >= 0.3 is 0 Å². The minimum absolute atomic E-state index is 0.908. The first kappa shape index (κ1) is 37.6. The third kappa shape index (κ3) is 10.9. The molecule has 0 aliphatic heterocycles. The van der Waals surface area contributed by atoms with Crippen LogP contribution in [0.15, 0.2) is 93.6 Å². The van der Waals surface area contributed by atoms with Crippen LogP contribution in [0.4, 0.5) is 0 Å². The zero-order valence-electron chi connectivity index (χ0n) is 29.3. The summed E-state index contributed by atoms with van der Waals surface area (Å²) < 4.78 is 2.85. The van der Waals surface area contributed by atoms with Gasteiger partial charge in [-0.05, 0) is 108 Å². The topological polar surface area (TPSA) is 25.8 Å². The highest BCUT2D eigenvalue weighted by Gasteiger charge is 2.13. The first-order valence-electron chi connectivity index (χ1n) is 18.3. The molecular formula is C42H48N2S6. The zero-order valence-corrected chi connectivity index (χ0v) is 34.2. The maximum Gasteiger partial charge on any atom is 0.0892 e. The van der Waals surface area contributed by atoms with Crippen molar-refractivity contribution in [1.29, 1.82) is 0 Å². The van der Waals surface area contributed by atoms with Crippen molar-refractivity contribution in [2.24, 2.45) is 0 Å². The molecule has 50 heavy (non-hydrogen) atoms. The molecule has 2 nitrogen and oxygen atoms in total. The predicted molar refractivity (Wildman–Crippen MR) is 229 cm³/mol. The van der Waals surface area contributed by atoms with Gasteiger partial charge in [0.25, 0.3) is 0 Å². The van der Waals surface area contributed by atoms with E-state index in [9.17, 15) is 0 Å². The highest BCUT2D eigenvalue weighted by molar-refractivity contribution is 8.01. The summed E-state index contributed by atoms with van der Waals surface area (Å²) in [5.41, 5.74) is 4.19. The van der Waals surface area contributed by atoms with E-state index in [-0.39, 0.29) is 0 Å². The van der Waals surface area contributed by atoms with Crippen molar-refractivity contribution in [3.05, 3.63) is 85.2 Å². The Bertz CT molecular complexity index is 1740. The average Bonchev–Trinajstić information content (AvgIpc) is 3.98. The standard InChI is InChI=1S/C42H48N2S6/c1-3-5-7-9-11-13-27-45-41-21-19-39(49-41)37-17-15-35(47-37)31-23-25-43-33(29-31)34-30-32(24-26-44-34)36-16-18-38(48-36)40-20-22-42(50-40)46-28-14-12-10-8-6-4-2/h15-26,29-30H,3-14,27-28H2,1-2H3. The van der Waals surface area contributed by atoms with Gasteiger partial charge in [0.05, 0.1) is 19.8 Å². The molecule has 6 heterocycles. The molecule has 0 fully saturated rings. The van der Waals surface area contributed by atoms with Crippen LogP contribution in [0.25, 0.3) is 51.8 Å². The fraction of sp³-hybridized carbons (Fsp3) is 0.381. The van der Waals surface area contributed by atoms with Gasteiger partial charge in [0.1, 0.15) is 0 Å². The average molecular weight is 773 g/mol. The summed E-state index contributed by atoms with van der Waals surface area (Å²) in [7, 11) is 0. The van der Waals surface area contributed by atoms with Crippen LogP contribution in [0.5, 0.6) is 0 Å². The number of hydrogen-bond acceptors (Lipinski definition) is 8. The van der Waals surface area contributed by atoms with Crippen molar-refractivity contribution in [2.45, 2.75) is 99.3 Å². The van der Waals surface area contributed by atoms with Gasteiger partial charge in [-0.25, -0.2) is 0 Å². The molecule has 262 valence electrons. The first-order valence-corrected chi connectivity index (χ1v) is 23.5. The zero-order chi connectivity index (χ0) is 34.4. The maximum absolute atomic E-state index is 4.74. The molecule has 6 rings (SSSR count). The van der Waals surface area contributed by atoms with Gasteiger partial charge in [0, 0.05) is 41.7 Å². The van der Waals surface area contributed by atoms with Gasteiger partial charge in [-0.2, -0.15) is 0 Å². The lowest BCUT2D eigenvalue weighted by Crippen LogP contribution is -1.88. The normalized spacial score (nSPS) is 11.5. The van der Waals surface area contributed by atoms with Gasteiger partial charge in [0.15, 0.2) is 0 Å². The van der Waals surface area contributed by atoms with Crippen molar-refractivity contribution >= 4 is 68.9 Å². The summed E-state index contributed by atoms with van der Waals surface area (Å²) in [6.45, 7) is 4.56. The minimum Gasteiger partial charge on any atom is -0.255 e. The number of unbranched alkanes of at least 4 members (excludes halogenated alkanes) is 10. The molecular weight excluding hydrogens is 725 g/mol. The predicted octanol–water partition coefficient (Wildman–Crippen LogP) is 16.0. The van der Waals surface area contributed by atoms with Crippen molar-refractivity contribution < 1.29 is 0 Å². The van der Waals surface area contributed by atoms with Crippen LogP contribution in [0.2, 0.25) is 0 Å². The van der Waals surface area contributed by atoms with E-state index in [0.717, 1.165) is 11.4 Å². The van der Waals surface area contributed by atoms with Gasteiger partial charge in [-0.15, -0.1) is 68.9 Å². The number of thiophene rings is 4. The fourth-order valence-corrected chi connectivity index (χ4v) is 12.5. The van der Waals surface area contributed by atoms with E-state index >= 15 is 0 Å². The molecule has 0 bridgehead atoms. The Labute approximate surface area is 324 Å². The van der Waals surface area contributed by atoms with E-state index in [1.54, 1.807) is 0 Å². The second-order valence-corrected chi connectivity index (χ2v) is 19.8.